The lowest BCUT2D eigenvalue weighted by Crippen LogP contribution is -2.41. The van der Waals surface area contributed by atoms with Crippen molar-refractivity contribution in [1.29, 1.82) is 0 Å². The number of hydrazine groups is 1. The van der Waals surface area contributed by atoms with E-state index in [9.17, 15) is 14.4 Å². The largest absolute Gasteiger partial charge is 0.497 e. The average molecular weight is 389 g/mol. The molecule has 0 saturated carbocycles. The summed E-state index contributed by atoms with van der Waals surface area (Å²) in [5.41, 5.74) is 6.34. The van der Waals surface area contributed by atoms with Crippen LogP contribution in [-0.4, -0.2) is 24.8 Å². The zero-order chi connectivity index (χ0) is 20.6. The zero-order valence-corrected chi connectivity index (χ0v) is 15.6. The molecule has 146 valence electrons. The van der Waals surface area contributed by atoms with E-state index < -0.39 is 11.8 Å². The van der Waals surface area contributed by atoms with E-state index in [-0.39, 0.29) is 11.5 Å². The van der Waals surface area contributed by atoms with Gasteiger partial charge in [0.25, 0.3) is 17.7 Å². The summed E-state index contributed by atoms with van der Waals surface area (Å²) in [7, 11) is 1.53. The van der Waals surface area contributed by atoms with Gasteiger partial charge in [-0.05, 0) is 54.6 Å². The van der Waals surface area contributed by atoms with Crippen LogP contribution in [0.25, 0.3) is 0 Å². The van der Waals surface area contributed by atoms with E-state index in [4.69, 9.17) is 4.74 Å². The number of methoxy groups -OCH3 is 1. The van der Waals surface area contributed by atoms with Crippen LogP contribution in [0, 0.1) is 0 Å². The maximum absolute atomic E-state index is 12.3. The fourth-order valence-corrected chi connectivity index (χ4v) is 2.53. The third-order valence-corrected chi connectivity index (χ3v) is 4.06. The minimum Gasteiger partial charge on any atom is -0.497 e. The van der Waals surface area contributed by atoms with Crippen molar-refractivity contribution in [2.45, 2.75) is 0 Å². The van der Waals surface area contributed by atoms with Crippen molar-refractivity contribution in [3.63, 3.8) is 0 Å². The molecule has 0 aromatic heterocycles. The summed E-state index contributed by atoms with van der Waals surface area (Å²) in [5, 5.41) is 2.74. The van der Waals surface area contributed by atoms with E-state index in [1.54, 1.807) is 66.7 Å². The molecule has 29 heavy (non-hydrogen) atoms. The van der Waals surface area contributed by atoms with Crippen LogP contribution < -0.4 is 20.9 Å². The standard InChI is InChI=1S/C22H19N3O4/c1-29-19-12-10-16(11-13-19)21(27)24-25-22(28)17-8-5-9-18(14-17)23-20(26)15-6-3-2-4-7-15/h2-14H,1H3,(H,23,26)(H,24,27)(H,25,28). The molecular formula is C22H19N3O4. The van der Waals surface area contributed by atoms with Gasteiger partial charge < -0.3 is 10.1 Å². The van der Waals surface area contributed by atoms with Gasteiger partial charge in [-0.25, -0.2) is 0 Å². The lowest BCUT2D eigenvalue weighted by atomic mass is 10.1. The predicted molar refractivity (Wildman–Crippen MR) is 109 cm³/mol. The number of benzene rings is 3. The fraction of sp³-hybridized carbons (Fsp3) is 0.0455. The summed E-state index contributed by atoms with van der Waals surface area (Å²) in [6.45, 7) is 0. The van der Waals surface area contributed by atoms with Crippen LogP contribution in [0.5, 0.6) is 5.75 Å². The number of hydrogen-bond donors (Lipinski definition) is 3. The first-order chi connectivity index (χ1) is 14.1. The van der Waals surface area contributed by atoms with E-state index in [1.807, 2.05) is 6.07 Å². The molecule has 3 aromatic carbocycles. The van der Waals surface area contributed by atoms with Crippen LogP contribution in [0.15, 0.2) is 78.9 Å². The summed E-state index contributed by atoms with van der Waals surface area (Å²) in [4.78, 5) is 36.7. The Hall–Kier alpha value is -4.13. The Balaban J connectivity index is 1.60. The molecule has 0 aliphatic heterocycles. The SMILES string of the molecule is COc1ccc(C(=O)NNC(=O)c2cccc(NC(=O)c3ccccc3)c2)cc1. The van der Waals surface area contributed by atoms with Crippen LogP contribution in [0.3, 0.4) is 0 Å². The summed E-state index contributed by atoms with van der Waals surface area (Å²) >= 11 is 0. The highest BCUT2D eigenvalue weighted by Gasteiger charge is 2.11. The molecule has 0 heterocycles. The molecule has 0 spiro atoms. The summed E-state index contributed by atoms with van der Waals surface area (Å²) in [6.07, 6.45) is 0. The van der Waals surface area contributed by atoms with Gasteiger partial charge in [-0.15, -0.1) is 0 Å². The lowest BCUT2D eigenvalue weighted by Gasteiger charge is -2.10. The van der Waals surface area contributed by atoms with Crippen molar-refractivity contribution in [2.24, 2.45) is 0 Å². The Morgan fingerprint density at radius 1 is 0.655 bits per heavy atom. The highest BCUT2D eigenvalue weighted by Crippen LogP contribution is 2.13. The monoisotopic (exact) mass is 389 g/mol. The Labute approximate surface area is 167 Å². The van der Waals surface area contributed by atoms with Crippen molar-refractivity contribution in [2.75, 3.05) is 12.4 Å². The minimum atomic E-state index is -0.511. The van der Waals surface area contributed by atoms with Gasteiger partial charge in [0.15, 0.2) is 0 Å². The highest BCUT2D eigenvalue weighted by atomic mass is 16.5. The van der Waals surface area contributed by atoms with E-state index in [0.717, 1.165) is 0 Å². The Bertz CT molecular complexity index is 1020. The molecule has 3 aromatic rings. The van der Waals surface area contributed by atoms with Crippen LogP contribution >= 0.6 is 0 Å². The molecule has 3 amide bonds. The minimum absolute atomic E-state index is 0.282. The smallest absolute Gasteiger partial charge is 0.269 e. The van der Waals surface area contributed by atoms with Gasteiger partial charge in [-0.2, -0.15) is 0 Å². The van der Waals surface area contributed by atoms with Crippen molar-refractivity contribution < 1.29 is 19.1 Å². The van der Waals surface area contributed by atoms with Gasteiger partial charge >= 0.3 is 0 Å². The zero-order valence-electron chi connectivity index (χ0n) is 15.6. The first kappa shape index (κ1) is 19.6. The van der Waals surface area contributed by atoms with Gasteiger partial charge in [0.2, 0.25) is 0 Å². The summed E-state index contributed by atoms with van der Waals surface area (Å²) in [6, 6.07) is 21.6. The van der Waals surface area contributed by atoms with Crippen LogP contribution in [0.1, 0.15) is 31.1 Å². The van der Waals surface area contributed by atoms with Crippen LogP contribution in [0.4, 0.5) is 5.69 Å². The van der Waals surface area contributed by atoms with Gasteiger partial charge in [0.1, 0.15) is 5.75 Å². The molecule has 0 atom stereocenters. The quantitative estimate of drug-likeness (QED) is 0.585. The van der Waals surface area contributed by atoms with Crippen molar-refractivity contribution in [1.82, 2.24) is 10.9 Å². The molecule has 0 fully saturated rings. The molecule has 3 rings (SSSR count). The maximum atomic E-state index is 12.3. The molecule has 0 saturated heterocycles. The first-order valence-electron chi connectivity index (χ1n) is 8.78. The number of hydrogen-bond acceptors (Lipinski definition) is 4. The van der Waals surface area contributed by atoms with Crippen molar-refractivity contribution >= 4 is 23.4 Å². The molecular weight excluding hydrogens is 370 g/mol. The molecule has 0 aliphatic rings. The van der Waals surface area contributed by atoms with E-state index in [1.165, 1.54) is 13.2 Å². The number of anilines is 1. The Morgan fingerprint density at radius 3 is 1.90 bits per heavy atom. The molecule has 3 N–H and O–H groups in total. The third-order valence-electron chi connectivity index (χ3n) is 4.06. The molecule has 0 unspecified atom stereocenters. The van der Waals surface area contributed by atoms with Crippen molar-refractivity contribution in [3.8, 4) is 5.75 Å². The third kappa shape index (κ3) is 5.20. The molecule has 0 radical (unpaired) electrons. The van der Waals surface area contributed by atoms with E-state index in [0.29, 0.717) is 22.6 Å². The predicted octanol–water partition coefficient (Wildman–Crippen LogP) is 3.02. The first-order valence-corrected chi connectivity index (χ1v) is 8.78. The fourth-order valence-electron chi connectivity index (χ4n) is 2.53. The number of carbonyl (C=O) groups excluding carboxylic acids is 3. The van der Waals surface area contributed by atoms with Crippen LogP contribution in [-0.2, 0) is 0 Å². The number of carbonyl (C=O) groups is 3. The second kappa shape index (κ2) is 9.18. The maximum Gasteiger partial charge on any atom is 0.269 e. The second-order valence-electron chi connectivity index (χ2n) is 6.04. The molecule has 7 nitrogen and oxygen atoms in total. The Morgan fingerprint density at radius 2 is 1.24 bits per heavy atom. The van der Waals surface area contributed by atoms with E-state index in [2.05, 4.69) is 16.2 Å². The topological polar surface area (TPSA) is 96.5 Å². The normalized spacial score (nSPS) is 9.97. The number of nitrogens with one attached hydrogen (secondary N) is 3. The lowest BCUT2D eigenvalue weighted by molar-refractivity contribution is 0.0846. The van der Waals surface area contributed by atoms with Gasteiger partial charge in [0.05, 0.1) is 7.11 Å². The second-order valence-corrected chi connectivity index (χ2v) is 6.04. The number of ether oxygens (including phenoxy) is 1. The number of rotatable bonds is 5. The highest BCUT2D eigenvalue weighted by molar-refractivity contribution is 6.05. The molecule has 0 aliphatic carbocycles. The van der Waals surface area contributed by atoms with Gasteiger partial charge in [-0.1, -0.05) is 24.3 Å². The van der Waals surface area contributed by atoms with Gasteiger partial charge in [-0.3, -0.25) is 25.2 Å². The Kier molecular flexibility index (Phi) is 6.22. The summed E-state index contributed by atoms with van der Waals surface area (Å²) < 4.78 is 5.04. The molecule has 0 bridgehead atoms. The van der Waals surface area contributed by atoms with Gasteiger partial charge in [0, 0.05) is 22.4 Å². The average Bonchev–Trinajstić information content (AvgIpc) is 2.78. The van der Waals surface area contributed by atoms with Crippen LogP contribution in [0.2, 0.25) is 0 Å². The summed E-state index contributed by atoms with van der Waals surface area (Å²) in [5.74, 6) is -0.631. The van der Waals surface area contributed by atoms with E-state index >= 15 is 0 Å². The van der Waals surface area contributed by atoms with Crippen molar-refractivity contribution in [3.05, 3.63) is 95.6 Å². The molecule has 7 heteroatoms. The number of amides is 3.